The fraction of sp³-hybridized carbons (Fsp3) is 0.412. The summed E-state index contributed by atoms with van der Waals surface area (Å²) < 4.78 is 5.29. The predicted octanol–water partition coefficient (Wildman–Crippen LogP) is 3.58. The molecule has 2 rings (SSSR count). The monoisotopic (exact) mass is 505 g/mol. The van der Waals surface area contributed by atoms with Crippen LogP contribution in [0.1, 0.15) is 29.3 Å². The van der Waals surface area contributed by atoms with Crippen LogP contribution in [0.4, 0.5) is 5.69 Å². The Morgan fingerprint density at radius 2 is 2.11 bits per heavy atom. The Labute approximate surface area is 179 Å². The largest absolute Gasteiger partial charge is 0.375 e. The van der Waals surface area contributed by atoms with Crippen molar-refractivity contribution in [3.8, 4) is 0 Å². The smallest absolute Gasteiger partial charge is 0.269 e. The Kier molecular flexibility index (Phi) is 9.60. The van der Waals surface area contributed by atoms with Gasteiger partial charge in [0, 0.05) is 45.3 Å². The number of nitro benzene ring substituents is 1. The molecule has 1 aromatic carbocycles. The third-order valence-corrected chi connectivity index (χ3v) is 4.90. The maximum Gasteiger partial charge on any atom is 0.269 e. The SMILES string of the molecule is CN=C(NCc1ccc([N+](=O)[O-])cc1)N(C)Cc1csc(C(C)OC)n1.I. The van der Waals surface area contributed by atoms with Gasteiger partial charge in [-0.25, -0.2) is 4.98 Å². The minimum absolute atomic E-state index is 0. The van der Waals surface area contributed by atoms with E-state index in [2.05, 4.69) is 15.3 Å². The number of nitrogens with zero attached hydrogens (tertiary/aromatic N) is 4. The van der Waals surface area contributed by atoms with Crippen molar-refractivity contribution in [3.05, 3.63) is 56.0 Å². The Morgan fingerprint density at radius 3 is 2.67 bits per heavy atom. The lowest BCUT2D eigenvalue weighted by atomic mass is 10.2. The molecule has 0 radical (unpaired) electrons. The lowest BCUT2D eigenvalue weighted by molar-refractivity contribution is -0.384. The van der Waals surface area contributed by atoms with Crippen LogP contribution in [-0.4, -0.2) is 42.0 Å². The van der Waals surface area contributed by atoms with Gasteiger partial charge in [-0.15, -0.1) is 35.3 Å². The van der Waals surface area contributed by atoms with Crippen LogP contribution >= 0.6 is 35.3 Å². The second kappa shape index (κ2) is 11.1. The molecule has 0 aliphatic heterocycles. The van der Waals surface area contributed by atoms with Crippen LogP contribution in [0.15, 0.2) is 34.6 Å². The Bertz CT molecular complexity index is 766. The summed E-state index contributed by atoms with van der Waals surface area (Å²) in [7, 11) is 5.32. The maximum absolute atomic E-state index is 10.7. The number of hydrogen-bond donors (Lipinski definition) is 1. The van der Waals surface area contributed by atoms with Gasteiger partial charge in [0.2, 0.25) is 0 Å². The Balaban J connectivity index is 0.00000364. The molecule has 27 heavy (non-hydrogen) atoms. The molecule has 0 spiro atoms. The summed E-state index contributed by atoms with van der Waals surface area (Å²) in [5.74, 6) is 0.720. The third kappa shape index (κ3) is 6.70. The predicted molar refractivity (Wildman–Crippen MR) is 118 cm³/mol. The number of benzene rings is 1. The minimum atomic E-state index is -0.406. The first-order valence-corrected chi connectivity index (χ1v) is 8.94. The molecule has 148 valence electrons. The molecule has 8 nitrogen and oxygen atoms in total. The van der Waals surface area contributed by atoms with E-state index in [-0.39, 0.29) is 35.8 Å². The summed E-state index contributed by atoms with van der Waals surface area (Å²) >= 11 is 1.58. The molecule has 0 saturated heterocycles. The first kappa shape index (κ1) is 23.2. The van der Waals surface area contributed by atoms with Gasteiger partial charge in [0.25, 0.3) is 5.69 Å². The van der Waals surface area contributed by atoms with E-state index in [1.54, 1.807) is 37.6 Å². The second-order valence-electron chi connectivity index (χ2n) is 5.74. The van der Waals surface area contributed by atoms with Crippen molar-refractivity contribution in [2.24, 2.45) is 4.99 Å². The number of nitrogens with one attached hydrogen (secondary N) is 1. The fourth-order valence-corrected chi connectivity index (χ4v) is 3.14. The molecule has 1 aromatic heterocycles. The highest BCUT2D eigenvalue weighted by molar-refractivity contribution is 14.0. The summed E-state index contributed by atoms with van der Waals surface area (Å²) in [6.45, 7) is 3.11. The maximum atomic E-state index is 10.7. The van der Waals surface area contributed by atoms with Gasteiger partial charge in [-0.3, -0.25) is 15.1 Å². The van der Waals surface area contributed by atoms with Crippen LogP contribution in [0, 0.1) is 10.1 Å². The van der Waals surface area contributed by atoms with Crippen molar-refractivity contribution >= 4 is 47.0 Å². The third-order valence-electron chi connectivity index (χ3n) is 3.84. The molecule has 0 amide bonds. The van der Waals surface area contributed by atoms with Crippen molar-refractivity contribution in [1.29, 1.82) is 0 Å². The molecule has 1 unspecified atom stereocenters. The number of aromatic nitrogens is 1. The molecule has 10 heteroatoms. The van der Waals surface area contributed by atoms with Gasteiger partial charge in [-0.05, 0) is 12.5 Å². The van der Waals surface area contributed by atoms with Crippen LogP contribution in [0.5, 0.6) is 0 Å². The molecule has 0 aliphatic rings. The van der Waals surface area contributed by atoms with Crippen LogP contribution in [0.3, 0.4) is 0 Å². The summed E-state index contributed by atoms with van der Waals surface area (Å²) in [6, 6.07) is 6.46. The number of aliphatic imine (C=N–C) groups is 1. The number of ether oxygens (including phenoxy) is 1. The number of non-ortho nitro benzene ring substituents is 1. The standard InChI is InChI=1S/C17H23N5O3S.HI/c1-12(25-4)16-20-14(11-26-16)10-21(3)17(18-2)19-9-13-5-7-15(8-6-13)22(23)24;/h5-8,11-12H,9-10H2,1-4H3,(H,18,19);1H. The molecule has 0 saturated carbocycles. The normalized spacial score (nSPS) is 12.2. The Morgan fingerprint density at radius 1 is 1.44 bits per heavy atom. The molecular weight excluding hydrogens is 481 g/mol. The van der Waals surface area contributed by atoms with Crippen molar-refractivity contribution in [2.45, 2.75) is 26.1 Å². The van der Waals surface area contributed by atoms with Crippen molar-refractivity contribution in [1.82, 2.24) is 15.2 Å². The number of methoxy groups -OCH3 is 1. The summed E-state index contributed by atoms with van der Waals surface area (Å²) in [6.07, 6.45) is -0.0152. The number of guanidine groups is 1. The van der Waals surface area contributed by atoms with Gasteiger partial charge in [-0.1, -0.05) is 12.1 Å². The average Bonchev–Trinajstić information content (AvgIpc) is 3.10. The van der Waals surface area contributed by atoms with Crippen molar-refractivity contribution in [3.63, 3.8) is 0 Å². The summed E-state index contributed by atoms with van der Waals surface area (Å²) in [4.78, 5) is 21.1. The van der Waals surface area contributed by atoms with Gasteiger partial charge in [-0.2, -0.15) is 0 Å². The van der Waals surface area contributed by atoms with Gasteiger partial charge in [0.1, 0.15) is 11.1 Å². The van der Waals surface area contributed by atoms with E-state index in [0.717, 1.165) is 22.2 Å². The van der Waals surface area contributed by atoms with Gasteiger partial charge in [0.15, 0.2) is 5.96 Å². The highest BCUT2D eigenvalue weighted by Crippen LogP contribution is 2.21. The first-order chi connectivity index (χ1) is 12.4. The average molecular weight is 505 g/mol. The van der Waals surface area contributed by atoms with Crippen LogP contribution < -0.4 is 5.32 Å². The van der Waals surface area contributed by atoms with E-state index in [0.29, 0.717) is 13.1 Å². The molecule has 2 aromatic rings. The van der Waals surface area contributed by atoms with Crippen LogP contribution in [-0.2, 0) is 17.8 Å². The quantitative estimate of drug-likeness (QED) is 0.203. The zero-order chi connectivity index (χ0) is 19.1. The lowest BCUT2D eigenvalue weighted by Crippen LogP contribution is -2.38. The highest BCUT2D eigenvalue weighted by Gasteiger charge is 2.13. The van der Waals surface area contributed by atoms with Crippen LogP contribution in [0.25, 0.3) is 0 Å². The summed E-state index contributed by atoms with van der Waals surface area (Å²) in [5.41, 5.74) is 1.98. The zero-order valence-corrected chi connectivity index (χ0v) is 18.9. The van der Waals surface area contributed by atoms with Gasteiger partial charge in [0.05, 0.1) is 17.2 Å². The fourth-order valence-electron chi connectivity index (χ4n) is 2.30. The van der Waals surface area contributed by atoms with Crippen LogP contribution in [0.2, 0.25) is 0 Å². The molecule has 0 aliphatic carbocycles. The van der Waals surface area contributed by atoms with Crippen molar-refractivity contribution in [2.75, 3.05) is 21.2 Å². The zero-order valence-electron chi connectivity index (χ0n) is 15.7. The van der Waals surface area contributed by atoms with Gasteiger partial charge < -0.3 is 15.0 Å². The van der Waals surface area contributed by atoms with E-state index in [4.69, 9.17) is 4.74 Å². The van der Waals surface area contributed by atoms with E-state index in [9.17, 15) is 10.1 Å². The number of thiazole rings is 1. The molecule has 1 heterocycles. The molecule has 1 N–H and O–H groups in total. The molecule has 1 atom stereocenters. The number of hydrogen-bond acceptors (Lipinski definition) is 6. The first-order valence-electron chi connectivity index (χ1n) is 8.06. The van der Waals surface area contributed by atoms with Crippen molar-refractivity contribution < 1.29 is 9.66 Å². The second-order valence-corrected chi connectivity index (χ2v) is 6.63. The molecular formula is C17H24IN5O3S. The molecule has 0 fully saturated rings. The van der Waals surface area contributed by atoms with E-state index in [1.807, 2.05) is 24.3 Å². The lowest BCUT2D eigenvalue weighted by Gasteiger charge is -2.21. The topological polar surface area (TPSA) is 92.9 Å². The van der Waals surface area contributed by atoms with E-state index in [1.165, 1.54) is 12.1 Å². The summed E-state index contributed by atoms with van der Waals surface area (Å²) in [5, 5.41) is 16.9. The van der Waals surface area contributed by atoms with E-state index < -0.39 is 4.92 Å². The van der Waals surface area contributed by atoms with Gasteiger partial charge >= 0.3 is 0 Å². The number of rotatable bonds is 7. The molecule has 0 bridgehead atoms. The van der Waals surface area contributed by atoms with E-state index >= 15 is 0 Å². The minimum Gasteiger partial charge on any atom is -0.375 e. The Hall–Kier alpha value is -1.79. The highest BCUT2D eigenvalue weighted by atomic mass is 127. The number of nitro groups is 1. The number of halogens is 1.